The third kappa shape index (κ3) is 3.21. The van der Waals surface area contributed by atoms with E-state index >= 15 is 0 Å². The highest BCUT2D eigenvalue weighted by Gasteiger charge is 2.29. The maximum Gasteiger partial charge on any atom is 0.519 e. The first-order valence-corrected chi connectivity index (χ1v) is 5.76. The molecule has 118 valence electrons. The van der Waals surface area contributed by atoms with Crippen LogP contribution in [0.4, 0.5) is 26.7 Å². The van der Waals surface area contributed by atoms with Crippen LogP contribution >= 0.6 is 0 Å². The van der Waals surface area contributed by atoms with Crippen molar-refractivity contribution in [3.8, 4) is 17.6 Å². The van der Waals surface area contributed by atoms with Gasteiger partial charge in [-0.15, -0.1) is 0 Å². The third-order valence-electron chi connectivity index (χ3n) is 2.54. The molecule has 0 saturated heterocycles. The van der Waals surface area contributed by atoms with Gasteiger partial charge in [-0.25, -0.2) is 18.0 Å². The van der Waals surface area contributed by atoms with Gasteiger partial charge in [-0.3, -0.25) is 0 Å². The SMILES string of the molecule is N#Cc1ccc(OC(=O)Oc2c(F)c(F)c(F)c(F)c2F)cc1. The Bertz CT molecular complexity index is 786. The molecule has 0 heterocycles. The van der Waals surface area contributed by atoms with Crippen LogP contribution in [0.5, 0.6) is 11.5 Å². The first-order valence-electron chi connectivity index (χ1n) is 5.76. The summed E-state index contributed by atoms with van der Waals surface area (Å²) >= 11 is 0. The summed E-state index contributed by atoms with van der Waals surface area (Å²) in [5.74, 6) is -13.5. The van der Waals surface area contributed by atoms with Crippen molar-refractivity contribution >= 4 is 6.16 Å². The van der Waals surface area contributed by atoms with E-state index in [9.17, 15) is 26.7 Å². The number of carbonyl (C=O) groups is 1. The topological polar surface area (TPSA) is 59.3 Å². The van der Waals surface area contributed by atoms with Gasteiger partial charge >= 0.3 is 6.16 Å². The first-order chi connectivity index (χ1) is 10.8. The fourth-order valence-electron chi connectivity index (χ4n) is 1.47. The van der Waals surface area contributed by atoms with Gasteiger partial charge < -0.3 is 9.47 Å². The zero-order valence-electron chi connectivity index (χ0n) is 10.9. The van der Waals surface area contributed by atoms with E-state index in [1.807, 2.05) is 0 Å². The molecule has 0 fully saturated rings. The first kappa shape index (κ1) is 16.2. The van der Waals surface area contributed by atoms with Crippen molar-refractivity contribution in [2.75, 3.05) is 0 Å². The van der Waals surface area contributed by atoms with Crippen molar-refractivity contribution in [2.24, 2.45) is 0 Å². The van der Waals surface area contributed by atoms with Gasteiger partial charge in [-0.05, 0) is 24.3 Å². The molecule has 2 rings (SSSR count). The van der Waals surface area contributed by atoms with E-state index in [0.717, 1.165) is 0 Å². The summed E-state index contributed by atoms with van der Waals surface area (Å²) in [5, 5.41) is 8.57. The summed E-state index contributed by atoms with van der Waals surface area (Å²) in [6.07, 6.45) is -1.72. The fourth-order valence-corrected chi connectivity index (χ4v) is 1.47. The van der Waals surface area contributed by atoms with Crippen LogP contribution < -0.4 is 9.47 Å². The fraction of sp³-hybridized carbons (Fsp3) is 0. The Morgan fingerprint density at radius 2 is 1.30 bits per heavy atom. The summed E-state index contributed by atoms with van der Waals surface area (Å²) in [4.78, 5) is 11.4. The second-order valence-electron chi connectivity index (χ2n) is 3.99. The molecule has 0 spiro atoms. The largest absolute Gasteiger partial charge is 0.519 e. The zero-order valence-corrected chi connectivity index (χ0v) is 10.9. The molecule has 0 saturated carbocycles. The predicted octanol–water partition coefficient (Wildman–Crippen LogP) is 3.83. The lowest BCUT2D eigenvalue weighted by Gasteiger charge is -2.09. The summed E-state index contributed by atoms with van der Waals surface area (Å²) < 4.78 is 73.9. The Hall–Kier alpha value is -3.15. The van der Waals surface area contributed by atoms with Crippen LogP contribution in [-0.4, -0.2) is 6.16 Å². The Balaban J connectivity index is 2.22. The standard InChI is InChI=1S/C14H4F5NO3/c15-8-9(16)11(18)13(12(19)10(8)17)23-14(21)22-7-3-1-6(5-20)2-4-7/h1-4H. The van der Waals surface area contributed by atoms with Crippen LogP contribution in [0.15, 0.2) is 24.3 Å². The van der Waals surface area contributed by atoms with Crippen molar-refractivity contribution in [3.05, 3.63) is 58.9 Å². The normalized spacial score (nSPS) is 10.1. The van der Waals surface area contributed by atoms with E-state index in [0.29, 0.717) is 0 Å². The monoisotopic (exact) mass is 329 g/mol. The maximum atomic E-state index is 13.3. The van der Waals surface area contributed by atoms with Gasteiger partial charge in [0.1, 0.15) is 5.75 Å². The van der Waals surface area contributed by atoms with E-state index < -0.39 is 41.0 Å². The molecule has 2 aromatic rings. The van der Waals surface area contributed by atoms with Crippen molar-refractivity contribution in [1.82, 2.24) is 0 Å². The van der Waals surface area contributed by atoms with E-state index in [-0.39, 0.29) is 11.3 Å². The van der Waals surface area contributed by atoms with E-state index in [1.165, 1.54) is 24.3 Å². The minimum absolute atomic E-state index is 0.169. The van der Waals surface area contributed by atoms with Crippen LogP contribution in [0.1, 0.15) is 5.56 Å². The van der Waals surface area contributed by atoms with Gasteiger partial charge in [0.25, 0.3) is 0 Å². The lowest BCUT2D eigenvalue weighted by molar-refractivity contribution is 0.146. The van der Waals surface area contributed by atoms with Crippen molar-refractivity contribution in [2.45, 2.75) is 0 Å². The van der Waals surface area contributed by atoms with Crippen LogP contribution in [0.3, 0.4) is 0 Å². The second-order valence-corrected chi connectivity index (χ2v) is 3.99. The Morgan fingerprint density at radius 3 is 1.78 bits per heavy atom. The molecule has 23 heavy (non-hydrogen) atoms. The number of carbonyl (C=O) groups excluding carboxylic acids is 1. The van der Waals surface area contributed by atoms with Crippen molar-refractivity contribution in [1.29, 1.82) is 5.26 Å². The van der Waals surface area contributed by atoms with Gasteiger partial charge in [-0.2, -0.15) is 14.0 Å². The van der Waals surface area contributed by atoms with Crippen LogP contribution in [0.2, 0.25) is 0 Å². The molecular weight excluding hydrogens is 325 g/mol. The quantitative estimate of drug-likeness (QED) is 0.276. The van der Waals surface area contributed by atoms with Crippen LogP contribution in [0, 0.1) is 40.4 Å². The minimum atomic E-state index is -2.38. The molecule has 0 radical (unpaired) electrons. The average molecular weight is 329 g/mol. The summed E-state index contributed by atoms with van der Waals surface area (Å²) in [5.41, 5.74) is 0.241. The molecule has 0 amide bonds. The van der Waals surface area contributed by atoms with E-state index in [2.05, 4.69) is 9.47 Å². The van der Waals surface area contributed by atoms with Gasteiger partial charge in [0.2, 0.25) is 34.8 Å². The van der Waals surface area contributed by atoms with Crippen molar-refractivity contribution in [3.63, 3.8) is 0 Å². The Morgan fingerprint density at radius 1 is 0.826 bits per heavy atom. The molecule has 0 unspecified atom stereocenters. The molecule has 0 N–H and O–H groups in total. The minimum Gasteiger partial charge on any atom is -0.395 e. The Labute approximate surface area is 125 Å². The Kier molecular flexibility index (Phi) is 4.45. The van der Waals surface area contributed by atoms with Crippen molar-refractivity contribution < 1.29 is 36.2 Å². The van der Waals surface area contributed by atoms with Gasteiger partial charge in [0.15, 0.2) is 0 Å². The molecule has 4 nitrogen and oxygen atoms in total. The molecule has 0 atom stereocenters. The second kappa shape index (κ2) is 6.31. The number of halogens is 5. The number of hydrogen-bond donors (Lipinski definition) is 0. The third-order valence-corrected chi connectivity index (χ3v) is 2.54. The molecule has 2 aromatic carbocycles. The van der Waals surface area contributed by atoms with Gasteiger partial charge in [0.05, 0.1) is 11.6 Å². The lowest BCUT2D eigenvalue weighted by Crippen LogP contribution is -2.17. The number of nitrogens with zero attached hydrogens (tertiary/aromatic N) is 1. The molecular formula is C14H4F5NO3. The summed E-state index contributed by atoms with van der Waals surface area (Å²) in [6.45, 7) is 0. The predicted molar refractivity (Wildman–Crippen MR) is 64.0 cm³/mol. The number of ether oxygens (including phenoxy) is 2. The summed E-state index contributed by atoms with van der Waals surface area (Å²) in [7, 11) is 0. The lowest BCUT2D eigenvalue weighted by atomic mass is 10.2. The highest BCUT2D eigenvalue weighted by molar-refractivity contribution is 5.67. The molecule has 9 heteroatoms. The number of rotatable bonds is 2. The van der Waals surface area contributed by atoms with E-state index in [4.69, 9.17) is 5.26 Å². The molecule has 0 aliphatic rings. The number of hydrogen-bond acceptors (Lipinski definition) is 4. The summed E-state index contributed by atoms with van der Waals surface area (Å²) in [6, 6.07) is 6.65. The average Bonchev–Trinajstić information content (AvgIpc) is 2.56. The molecule has 0 aliphatic heterocycles. The van der Waals surface area contributed by atoms with E-state index in [1.54, 1.807) is 6.07 Å². The number of benzene rings is 2. The van der Waals surface area contributed by atoms with Crippen LogP contribution in [-0.2, 0) is 0 Å². The van der Waals surface area contributed by atoms with Crippen LogP contribution in [0.25, 0.3) is 0 Å². The molecule has 0 bridgehead atoms. The number of nitriles is 1. The molecule has 0 aliphatic carbocycles. The van der Waals surface area contributed by atoms with Gasteiger partial charge in [0, 0.05) is 0 Å². The highest BCUT2D eigenvalue weighted by atomic mass is 19.2. The highest BCUT2D eigenvalue weighted by Crippen LogP contribution is 2.29. The zero-order chi connectivity index (χ0) is 17.1. The van der Waals surface area contributed by atoms with Gasteiger partial charge in [-0.1, -0.05) is 0 Å². The molecule has 0 aromatic heterocycles. The maximum absolute atomic E-state index is 13.3. The smallest absolute Gasteiger partial charge is 0.395 e.